The molecular formula is C33H57N3O2. The van der Waals surface area contributed by atoms with Crippen molar-refractivity contribution >= 4 is 0 Å². The fraction of sp³-hybridized carbons (Fsp3) is 0.909. The van der Waals surface area contributed by atoms with Gasteiger partial charge in [0.2, 0.25) is 0 Å². The number of rotatable bonds is 10. The Bertz CT molecular complexity index is 904. The molecule has 216 valence electrons. The van der Waals surface area contributed by atoms with Crippen LogP contribution < -0.4 is 5.32 Å². The monoisotopic (exact) mass is 527 g/mol. The van der Waals surface area contributed by atoms with E-state index in [0.717, 1.165) is 54.5 Å². The van der Waals surface area contributed by atoms with Crippen molar-refractivity contribution in [3.05, 3.63) is 18.2 Å². The van der Waals surface area contributed by atoms with Crippen LogP contribution in [0.2, 0.25) is 0 Å². The summed E-state index contributed by atoms with van der Waals surface area (Å²) in [4.78, 5) is 7.44. The molecule has 0 saturated heterocycles. The summed E-state index contributed by atoms with van der Waals surface area (Å²) in [6, 6.07) is 0.125. The van der Waals surface area contributed by atoms with E-state index in [4.69, 9.17) is 4.74 Å². The summed E-state index contributed by atoms with van der Waals surface area (Å²) in [6.07, 6.45) is 18.8. The maximum absolute atomic E-state index is 12.5. The average molecular weight is 528 g/mol. The van der Waals surface area contributed by atoms with Gasteiger partial charge in [0.25, 0.3) is 0 Å². The van der Waals surface area contributed by atoms with Crippen LogP contribution in [0, 0.1) is 46.3 Å². The molecule has 1 heterocycles. The number of imidazole rings is 1. The predicted octanol–water partition coefficient (Wildman–Crippen LogP) is 7.29. The van der Waals surface area contributed by atoms with Gasteiger partial charge >= 0.3 is 0 Å². The molecule has 0 aromatic carbocycles. The van der Waals surface area contributed by atoms with Crippen molar-refractivity contribution in [2.24, 2.45) is 46.3 Å². The maximum Gasteiger partial charge on any atom is 0.111 e. The normalized spacial score (nSPS) is 42.4. The van der Waals surface area contributed by atoms with Crippen LogP contribution >= 0.6 is 0 Å². The van der Waals surface area contributed by atoms with Gasteiger partial charge in [-0.3, -0.25) is 0 Å². The minimum atomic E-state index is -0.630. The zero-order valence-corrected chi connectivity index (χ0v) is 25.3. The van der Waals surface area contributed by atoms with Crippen LogP contribution in [0.5, 0.6) is 0 Å². The van der Waals surface area contributed by atoms with Gasteiger partial charge in [-0.2, -0.15) is 0 Å². The molecular weight excluding hydrogens is 470 g/mol. The molecule has 38 heavy (non-hydrogen) atoms. The van der Waals surface area contributed by atoms with Gasteiger partial charge in [0.15, 0.2) is 0 Å². The third-order valence-corrected chi connectivity index (χ3v) is 12.7. The molecule has 5 nitrogen and oxygen atoms in total. The van der Waals surface area contributed by atoms with Crippen molar-refractivity contribution in [2.45, 2.75) is 129 Å². The fourth-order valence-corrected chi connectivity index (χ4v) is 10.6. The molecule has 2 unspecified atom stereocenters. The molecule has 0 radical (unpaired) electrons. The van der Waals surface area contributed by atoms with Crippen molar-refractivity contribution in [2.75, 3.05) is 13.7 Å². The first-order valence-electron chi connectivity index (χ1n) is 16.1. The molecule has 0 amide bonds. The third kappa shape index (κ3) is 4.81. The van der Waals surface area contributed by atoms with Gasteiger partial charge in [-0.25, -0.2) is 4.98 Å². The van der Waals surface area contributed by atoms with Crippen LogP contribution in [0.25, 0.3) is 0 Å². The molecule has 10 atom stereocenters. The summed E-state index contributed by atoms with van der Waals surface area (Å²) >= 11 is 0. The van der Waals surface area contributed by atoms with E-state index in [2.05, 4.69) is 49.9 Å². The molecule has 1 aromatic rings. The van der Waals surface area contributed by atoms with Crippen molar-refractivity contribution in [1.82, 2.24) is 15.3 Å². The SMILES string of the molecule is COC(CN[C@@H]1C[C@H]2[C@@H]3CC[C@H](C(C)CCCC(C)C)[C@@]3(C)CC[C@@H]2[C@@]2(C)CCCC[C@]12O)c1cnc[nH]1. The van der Waals surface area contributed by atoms with Crippen LogP contribution in [0.4, 0.5) is 0 Å². The van der Waals surface area contributed by atoms with Crippen molar-refractivity contribution < 1.29 is 9.84 Å². The highest BCUT2D eigenvalue weighted by molar-refractivity contribution is 5.18. The Morgan fingerprint density at radius 3 is 2.58 bits per heavy atom. The lowest BCUT2D eigenvalue weighted by molar-refractivity contribution is -0.220. The minimum absolute atomic E-state index is 0.00465. The Hall–Kier alpha value is -0.910. The second-order valence-electron chi connectivity index (χ2n) is 14.9. The van der Waals surface area contributed by atoms with Crippen molar-refractivity contribution in [3.63, 3.8) is 0 Å². The summed E-state index contributed by atoms with van der Waals surface area (Å²) in [5, 5.41) is 16.4. The second kappa shape index (κ2) is 11.2. The number of fused-ring (bicyclic) bond motifs is 5. The summed E-state index contributed by atoms with van der Waals surface area (Å²) < 4.78 is 5.84. The molecule has 4 aliphatic rings. The zero-order chi connectivity index (χ0) is 27.1. The average Bonchev–Trinajstić information content (AvgIpc) is 3.53. The number of nitrogens with one attached hydrogen (secondary N) is 2. The number of hydrogen-bond acceptors (Lipinski definition) is 4. The number of ether oxygens (including phenoxy) is 1. The van der Waals surface area contributed by atoms with Gasteiger partial charge < -0.3 is 20.1 Å². The lowest BCUT2D eigenvalue weighted by Crippen LogP contribution is -2.70. The van der Waals surface area contributed by atoms with Crippen LogP contribution in [-0.2, 0) is 4.74 Å². The Morgan fingerprint density at radius 2 is 1.87 bits per heavy atom. The zero-order valence-electron chi connectivity index (χ0n) is 25.3. The Morgan fingerprint density at radius 1 is 1.08 bits per heavy atom. The molecule has 5 rings (SSSR count). The number of aromatic nitrogens is 2. The van der Waals surface area contributed by atoms with Crippen molar-refractivity contribution in [3.8, 4) is 0 Å². The van der Waals surface area contributed by atoms with Crippen molar-refractivity contribution in [1.29, 1.82) is 0 Å². The third-order valence-electron chi connectivity index (χ3n) is 12.7. The summed E-state index contributed by atoms with van der Waals surface area (Å²) in [5.74, 6) is 4.69. The van der Waals surface area contributed by atoms with Gasteiger partial charge in [-0.15, -0.1) is 0 Å². The Labute approximate surface area is 232 Å². The number of H-pyrrole nitrogens is 1. The molecule has 0 spiro atoms. The molecule has 3 N–H and O–H groups in total. The van der Waals surface area contributed by atoms with Crippen LogP contribution in [0.3, 0.4) is 0 Å². The van der Waals surface area contributed by atoms with Crippen LogP contribution in [0.1, 0.15) is 123 Å². The van der Waals surface area contributed by atoms with E-state index in [1.54, 1.807) is 13.4 Å². The Balaban J connectivity index is 1.36. The largest absolute Gasteiger partial charge is 0.388 e. The highest BCUT2D eigenvalue weighted by Gasteiger charge is 2.66. The van der Waals surface area contributed by atoms with E-state index >= 15 is 0 Å². The maximum atomic E-state index is 12.5. The molecule has 1 aromatic heterocycles. The van der Waals surface area contributed by atoms with Gasteiger partial charge in [-0.1, -0.05) is 66.7 Å². The summed E-state index contributed by atoms with van der Waals surface area (Å²) in [7, 11) is 1.77. The van der Waals surface area contributed by atoms with Crippen LogP contribution in [-0.4, -0.2) is 40.4 Å². The molecule has 0 aliphatic heterocycles. The number of nitrogens with zero attached hydrogens (tertiary/aromatic N) is 1. The highest BCUT2D eigenvalue weighted by Crippen LogP contribution is 2.69. The quantitative estimate of drug-likeness (QED) is 0.299. The van der Waals surface area contributed by atoms with Gasteiger partial charge in [0.1, 0.15) is 6.10 Å². The Kier molecular flexibility index (Phi) is 8.41. The van der Waals surface area contributed by atoms with Gasteiger partial charge in [-0.05, 0) is 85.9 Å². The van der Waals surface area contributed by atoms with E-state index in [-0.39, 0.29) is 17.6 Å². The number of methoxy groups -OCH3 is 1. The predicted molar refractivity (Wildman–Crippen MR) is 155 cm³/mol. The molecule has 4 aliphatic carbocycles. The lowest BCUT2D eigenvalue weighted by Gasteiger charge is -2.66. The minimum Gasteiger partial charge on any atom is -0.388 e. The number of hydrogen-bond donors (Lipinski definition) is 3. The first-order chi connectivity index (χ1) is 18.1. The molecule has 4 fully saturated rings. The topological polar surface area (TPSA) is 70.2 Å². The summed E-state index contributed by atoms with van der Waals surface area (Å²) in [5.41, 5.74) is 0.843. The molecule has 5 heteroatoms. The van der Waals surface area contributed by atoms with E-state index < -0.39 is 5.60 Å². The van der Waals surface area contributed by atoms with Gasteiger partial charge in [0.05, 0.1) is 23.8 Å². The smallest absolute Gasteiger partial charge is 0.111 e. The fourth-order valence-electron chi connectivity index (χ4n) is 10.6. The summed E-state index contributed by atoms with van der Waals surface area (Å²) in [6.45, 7) is 13.2. The van der Waals surface area contributed by atoms with Gasteiger partial charge in [0, 0.05) is 25.1 Å². The number of aliphatic hydroxyl groups is 1. The lowest BCUT2D eigenvalue weighted by atomic mass is 9.42. The first kappa shape index (κ1) is 28.6. The molecule has 0 bridgehead atoms. The van der Waals surface area contributed by atoms with E-state index in [1.165, 1.54) is 57.8 Å². The van der Waals surface area contributed by atoms with E-state index in [0.29, 0.717) is 17.9 Å². The standard InChI is InChI=1S/C33H57N3O2/c1-22(2)10-9-11-23(3)25-12-13-26-24-18-30(35-20-29(38-6)28-19-34-21-36-28)33(37)16-8-7-15-32(33,5)27(24)14-17-31(25,26)4/h19,21-27,29-30,35,37H,7-18,20H2,1-6H3,(H,34,36)/t23?,24-,25+,26-,27-,29?,30+,31+,32+,33-/m0/s1. The van der Waals surface area contributed by atoms with Crippen LogP contribution in [0.15, 0.2) is 12.5 Å². The highest BCUT2D eigenvalue weighted by atomic mass is 16.5. The second-order valence-corrected chi connectivity index (χ2v) is 14.9. The number of aromatic amines is 1. The van der Waals surface area contributed by atoms with E-state index in [1.807, 2.05) is 6.20 Å². The van der Waals surface area contributed by atoms with E-state index in [9.17, 15) is 5.11 Å². The molecule has 4 saturated carbocycles. The first-order valence-corrected chi connectivity index (χ1v) is 16.1.